The summed E-state index contributed by atoms with van der Waals surface area (Å²) in [5.74, 6) is 0.201. The number of aromatic nitrogens is 1. The van der Waals surface area contributed by atoms with Crippen molar-refractivity contribution in [1.29, 1.82) is 0 Å². The highest BCUT2D eigenvalue weighted by Gasteiger charge is 2.31. The number of ether oxygens (including phenoxy) is 1. The van der Waals surface area contributed by atoms with E-state index < -0.39 is 24.4 Å². The third-order valence-corrected chi connectivity index (χ3v) is 5.20. The molecule has 1 aliphatic rings. The molecule has 1 aliphatic heterocycles. The fourth-order valence-corrected chi connectivity index (χ4v) is 3.43. The van der Waals surface area contributed by atoms with Crippen molar-refractivity contribution in [2.24, 2.45) is 0 Å². The molecule has 0 aliphatic carbocycles. The van der Waals surface area contributed by atoms with Crippen molar-refractivity contribution in [1.82, 2.24) is 9.88 Å². The fraction of sp³-hybridized carbons (Fsp3) is 0.429. The Hall–Kier alpha value is -2.95. The molecule has 0 saturated carbocycles. The second-order valence-electron chi connectivity index (χ2n) is 7.35. The first-order valence-electron chi connectivity index (χ1n) is 10.0. The number of alkyl halides is 5. The molecule has 1 aromatic heterocycles. The topological polar surface area (TPSA) is 57.7 Å². The minimum Gasteiger partial charge on any atom is -0.435 e. The second-order valence-corrected chi connectivity index (χ2v) is 7.35. The minimum absolute atomic E-state index is 0.00414. The predicted molar refractivity (Wildman–Crippen MR) is 109 cm³/mol. The lowest BCUT2D eigenvalue weighted by atomic mass is 10.2. The number of anilines is 2. The molecule has 2 aromatic rings. The van der Waals surface area contributed by atoms with Crippen molar-refractivity contribution in [3.8, 4) is 5.75 Å². The Balaban J connectivity index is 1.55. The average molecular weight is 458 g/mol. The smallest absolute Gasteiger partial charge is 0.417 e. The maximum atomic E-state index is 12.7. The van der Waals surface area contributed by atoms with Gasteiger partial charge in [0.05, 0.1) is 11.6 Å². The lowest BCUT2D eigenvalue weighted by Crippen LogP contribution is -2.44. The van der Waals surface area contributed by atoms with Crippen LogP contribution in [0.4, 0.5) is 33.5 Å². The summed E-state index contributed by atoms with van der Waals surface area (Å²) < 4.78 is 66.9. The van der Waals surface area contributed by atoms with Gasteiger partial charge in [0.1, 0.15) is 11.6 Å². The molecule has 0 radical (unpaired) electrons. The zero-order valence-electron chi connectivity index (χ0n) is 17.3. The van der Waals surface area contributed by atoms with Gasteiger partial charge in [0, 0.05) is 38.1 Å². The van der Waals surface area contributed by atoms with Crippen LogP contribution in [0.2, 0.25) is 0 Å². The number of nitrogens with one attached hydrogen (secondary N) is 1. The number of pyridine rings is 1. The zero-order chi connectivity index (χ0) is 23.3. The standard InChI is InChI=1S/C21H23F5N4O2/c1-14(19(31)28-16-4-6-17(7-5-16)32-20(22)23)29-9-2-10-30(12-11-29)18-8-3-15(13-27-18)21(24,25)26/h3-8,13-14,20H,2,9-12H2,1H3,(H,28,31). The van der Waals surface area contributed by atoms with E-state index in [1.807, 2.05) is 9.80 Å². The van der Waals surface area contributed by atoms with Crippen molar-refractivity contribution < 1.29 is 31.5 Å². The molecule has 174 valence electrons. The number of benzene rings is 1. The molecule has 1 unspecified atom stereocenters. The van der Waals surface area contributed by atoms with Crippen LogP contribution in [0.3, 0.4) is 0 Å². The number of rotatable bonds is 6. The molecular formula is C21H23F5N4O2. The van der Waals surface area contributed by atoms with Crippen molar-refractivity contribution in [3.63, 3.8) is 0 Å². The van der Waals surface area contributed by atoms with Gasteiger partial charge in [0.25, 0.3) is 0 Å². The summed E-state index contributed by atoms with van der Waals surface area (Å²) >= 11 is 0. The molecule has 1 aromatic carbocycles. The Morgan fingerprint density at radius 3 is 2.38 bits per heavy atom. The molecule has 1 atom stereocenters. The number of carbonyl (C=O) groups is 1. The third kappa shape index (κ3) is 6.28. The van der Waals surface area contributed by atoms with Crippen molar-refractivity contribution >= 4 is 17.4 Å². The summed E-state index contributed by atoms with van der Waals surface area (Å²) in [5.41, 5.74) is -0.342. The van der Waals surface area contributed by atoms with E-state index in [1.54, 1.807) is 6.92 Å². The van der Waals surface area contributed by atoms with E-state index in [9.17, 15) is 26.7 Å². The molecule has 1 amide bonds. The SMILES string of the molecule is CC(C(=O)Nc1ccc(OC(F)F)cc1)N1CCCN(c2ccc(C(F)(F)F)cn2)CC1. The molecule has 1 saturated heterocycles. The summed E-state index contributed by atoms with van der Waals surface area (Å²) in [5, 5.41) is 2.75. The molecule has 1 N–H and O–H groups in total. The molecule has 0 spiro atoms. The van der Waals surface area contributed by atoms with Gasteiger partial charge in [-0.3, -0.25) is 9.69 Å². The normalized spacial score (nSPS) is 16.5. The van der Waals surface area contributed by atoms with Gasteiger partial charge < -0.3 is 15.0 Å². The summed E-state index contributed by atoms with van der Waals surface area (Å²) in [6.45, 7) is 1.11. The van der Waals surface area contributed by atoms with Crippen molar-refractivity contribution in [3.05, 3.63) is 48.2 Å². The number of carbonyl (C=O) groups excluding carboxylic acids is 1. The highest BCUT2D eigenvalue weighted by atomic mass is 19.4. The van der Waals surface area contributed by atoms with Gasteiger partial charge in [0.15, 0.2) is 0 Å². The van der Waals surface area contributed by atoms with E-state index in [-0.39, 0.29) is 11.7 Å². The quantitative estimate of drug-likeness (QED) is 0.657. The number of nitrogens with zero attached hydrogens (tertiary/aromatic N) is 3. The van der Waals surface area contributed by atoms with Crippen LogP contribution in [0.1, 0.15) is 18.9 Å². The number of halogens is 5. The number of hydrogen-bond donors (Lipinski definition) is 1. The third-order valence-electron chi connectivity index (χ3n) is 5.20. The molecule has 1 fully saturated rings. The minimum atomic E-state index is -4.43. The van der Waals surface area contributed by atoms with Crippen LogP contribution < -0.4 is 15.0 Å². The van der Waals surface area contributed by atoms with Crippen LogP contribution in [0.5, 0.6) is 5.75 Å². The van der Waals surface area contributed by atoms with Crippen LogP contribution in [-0.4, -0.2) is 54.6 Å². The largest absolute Gasteiger partial charge is 0.435 e. The van der Waals surface area contributed by atoms with Gasteiger partial charge in [-0.25, -0.2) is 4.98 Å². The molecule has 3 rings (SSSR count). The lowest BCUT2D eigenvalue weighted by Gasteiger charge is -2.27. The van der Waals surface area contributed by atoms with Crippen molar-refractivity contribution in [2.45, 2.75) is 32.2 Å². The van der Waals surface area contributed by atoms with Gasteiger partial charge >= 0.3 is 12.8 Å². The second kappa shape index (κ2) is 10.1. The monoisotopic (exact) mass is 458 g/mol. The van der Waals surface area contributed by atoms with E-state index >= 15 is 0 Å². The van der Waals surface area contributed by atoms with E-state index in [2.05, 4.69) is 15.0 Å². The van der Waals surface area contributed by atoms with Crippen LogP contribution in [0.25, 0.3) is 0 Å². The average Bonchev–Trinajstić information content (AvgIpc) is 3.00. The summed E-state index contributed by atoms with van der Waals surface area (Å²) in [7, 11) is 0. The van der Waals surface area contributed by atoms with E-state index in [4.69, 9.17) is 0 Å². The first kappa shape index (κ1) is 23.7. The first-order valence-corrected chi connectivity index (χ1v) is 10.0. The van der Waals surface area contributed by atoms with Crippen molar-refractivity contribution in [2.75, 3.05) is 36.4 Å². The molecule has 0 bridgehead atoms. The Morgan fingerprint density at radius 2 is 1.78 bits per heavy atom. The Kier molecular flexibility index (Phi) is 7.49. The predicted octanol–water partition coefficient (Wildman–Crippen LogP) is 4.24. The molecule has 11 heteroatoms. The van der Waals surface area contributed by atoms with Crippen LogP contribution in [0, 0.1) is 0 Å². The summed E-state index contributed by atoms with van der Waals surface area (Å²) in [6, 6.07) is 7.54. The highest BCUT2D eigenvalue weighted by Crippen LogP contribution is 2.29. The molecule has 6 nitrogen and oxygen atoms in total. The van der Waals surface area contributed by atoms with E-state index in [1.165, 1.54) is 30.3 Å². The molecule has 32 heavy (non-hydrogen) atoms. The first-order chi connectivity index (χ1) is 15.1. The Morgan fingerprint density at radius 1 is 1.06 bits per heavy atom. The van der Waals surface area contributed by atoms with Gasteiger partial charge in [-0.15, -0.1) is 0 Å². The lowest BCUT2D eigenvalue weighted by molar-refractivity contribution is -0.137. The molecule has 2 heterocycles. The summed E-state index contributed by atoms with van der Waals surface area (Å²) in [4.78, 5) is 20.5. The van der Waals surface area contributed by atoms with Crippen LogP contribution in [-0.2, 0) is 11.0 Å². The van der Waals surface area contributed by atoms with Gasteiger partial charge in [-0.1, -0.05) is 0 Å². The molecular weight excluding hydrogens is 435 g/mol. The van der Waals surface area contributed by atoms with Gasteiger partial charge in [-0.05, 0) is 49.7 Å². The van der Waals surface area contributed by atoms with Crippen LogP contribution in [0.15, 0.2) is 42.6 Å². The maximum Gasteiger partial charge on any atom is 0.417 e. The van der Waals surface area contributed by atoms with E-state index in [0.717, 1.165) is 12.3 Å². The maximum absolute atomic E-state index is 12.7. The summed E-state index contributed by atoms with van der Waals surface area (Å²) in [6.07, 6.45) is -2.90. The number of hydrogen-bond acceptors (Lipinski definition) is 5. The zero-order valence-corrected chi connectivity index (χ0v) is 17.3. The Bertz CT molecular complexity index is 891. The highest BCUT2D eigenvalue weighted by molar-refractivity contribution is 5.94. The van der Waals surface area contributed by atoms with Gasteiger partial charge in [-0.2, -0.15) is 22.0 Å². The van der Waals surface area contributed by atoms with E-state index in [0.29, 0.717) is 44.1 Å². The fourth-order valence-electron chi connectivity index (χ4n) is 3.43. The Labute approximate surface area is 182 Å². The van der Waals surface area contributed by atoms with Crippen LogP contribution >= 0.6 is 0 Å². The van der Waals surface area contributed by atoms with Gasteiger partial charge in [0.2, 0.25) is 5.91 Å². The number of amides is 1.